The van der Waals surface area contributed by atoms with Crippen LogP contribution in [0.3, 0.4) is 0 Å². The van der Waals surface area contributed by atoms with Crippen molar-refractivity contribution in [3.8, 4) is 0 Å². The molecule has 0 atom stereocenters. The summed E-state index contributed by atoms with van der Waals surface area (Å²) in [5.41, 5.74) is 2.26. The van der Waals surface area contributed by atoms with Crippen LogP contribution in [0.1, 0.15) is 12.6 Å². The average molecular weight is 291 g/mol. The second kappa shape index (κ2) is 4.77. The molecule has 0 radical (unpaired) electrons. The molecule has 1 nitrogen and oxygen atoms in total. The highest BCUT2D eigenvalue weighted by atomic mass is 79.9. The lowest BCUT2D eigenvalue weighted by molar-refractivity contribution is 1.27. The summed E-state index contributed by atoms with van der Waals surface area (Å²) in [6.45, 7) is 2.07. The Balaban J connectivity index is 2.84. The maximum atomic E-state index is 4.22. The van der Waals surface area contributed by atoms with Gasteiger partial charge in [-0.15, -0.1) is 0 Å². The Morgan fingerprint density at radius 1 is 1.58 bits per heavy atom. The first-order valence-electron chi connectivity index (χ1n) is 3.57. The van der Waals surface area contributed by atoms with Crippen LogP contribution in [0, 0.1) is 0 Å². The molecule has 0 saturated carbocycles. The van der Waals surface area contributed by atoms with Gasteiger partial charge in [0.25, 0.3) is 0 Å². The standard InChI is InChI=1S/C9H9Br2N/c1-7(5-10)4-9-3-2-8(11)6-12-9/h2-4,6H,5H2,1H3/b7-4-. The molecular weight excluding hydrogens is 282 g/mol. The Kier molecular flexibility index (Phi) is 3.95. The van der Waals surface area contributed by atoms with Gasteiger partial charge in [-0.2, -0.15) is 0 Å². The Morgan fingerprint density at radius 2 is 2.33 bits per heavy atom. The first kappa shape index (κ1) is 9.93. The molecule has 0 aliphatic heterocycles. The van der Waals surface area contributed by atoms with Gasteiger partial charge in [0.15, 0.2) is 0 Å². The fourth-order valence-electron chi connectivity index (χ4n) is 0.764. The Bertz CT molecular complexity index is 277. The molecule has 0 bridgehead atoms. The first-order chi connectivity index (χ1) is 5.72. The molecule has 1 aromatic heterocycles. The maximum Gasteiger partial charge on any atom is 0.0630 e. The van der Waals surface area contributed by atoms with Crippen LogP contribution in [-0.2, 0) is 0 Å². The fourth-order valence-corrected chi connectivity index (χ4v) is 1.16. The summed E-state index contributed by atoms with van der Waals surface area (Å²) in [7, 11) is 0. The molecule has 0 aliphatic carbocycles. The van der Waals surface area contributed by atoms with E-state index in [1.807, 2.05) is 12.1 Å². The van der Waals surface area contributed by atoms with Crippen molar-refractivity contribution in [3.63, 3.8) is 0 Å². The zero-order valence-corrected chi connectivity index (χ0v) is 9.89. The molecule has 12 heavy (non-hydrogen) atoms. The summed E-state index contributed by atoms with van der Waals surface area (Å²) in [5.74, 6) is 0. The van der Waals surface area contributed by atoms with E-state index in [0.717, 1.165) is 15.5 Å². The molecule has 0 aromatic carbocycles. The smallest absolute Gasteiger partial charge is 0.0630 e. The molecule has 1 rings (SSSR count). The van der Waals surface area contributed by atoms with E-state index in [1.165, 1.54) is 5.57 Å². The minimum absolute atomic E-state index is 0.894. The Hall–Kier alpha value is -0.150. The number of rotatable bonds is 2. The molecule has 0 amide bonds. The predicted molar refractivity (Wildman–Crippen MR) is 59.4 cm³/mol. The third kappa shape index (κ3) is 3.07. The molecule has 1 aromatic rings. The summed E-state index contributed by atoms with van der Waals surface area (Å²) in [5, 5.41) is 0.894. The fraction of sp³-hybridized carbons (Fsp3) is 0.222. The summed E-state index contributed by atoms with van der Waals surface area (Å²) < 4.78 is 1.01. The quantitative estimate of drug-likeness (QED) is 0.758. The van der Waals surface area contributed by atoms with Crippen molar-refractivity contribution in [2.75, 3.05) is 5.33 Å². The summed E-state index contributed by atoms with van der Waals surface area (Å²) in [6, 6.07) is 3.97. The van der Waals surface area contributed by atoms with E-state index in [0.29, 0.717) is 0 Å². The predicted octanol–water partition coefficient (Wildman–Crippen LogP) is 3.64. The number of pyridine rings is 1. The van der Waals surface area contributed by atoms with Gasteiger partial charge in [-0.05, 0) is 41.1 Å². The monoisotopic (exact) mass is 289 g/mol. The molecule has 3 heteroatoms. The number of hydrogen-bond donors (Lipinski definition) is 0. The first-order valence-corrected chi connectivity index (χ1v) is 5.48. The maximum absolute atomic E-state index is 4.22. The van der Waals surface area contributed by atoms with E-state index < -0.39 is 0 Å². The Labute approximate surface area is 89.2 Å². The third-order valence-corrected chi connectivity index (χ3v) is 2.71. The van der Waals surface area contributed by atoms with Gasteiger partial charge in [0.1, 0.15) is 0 Å². The van der Waals surface area contributed by atoms with Crippen LogP contribution in [-0.4, -0.2) is 10.3 Å². The van der Waals surface area contributed by atoms with E-state index in [9.17, 15) is 0 Å². The summed E-state index contributed by atoms with van der Waals surface area (Å²) in [4.78, 5) is 4.22. The van der Waals surface area contributed by atoms with Crippen molar-refractivity contribution in [1.82, 2.24) is 4.98 Å². The minimum atomic E-state index is 0.894. The lowest BCUT2D eigenvalue weighted by Gasteiger charge is -1.95. The summed E-state index contributed by atoms with van der Waals surface area (Å²) >= 11 is 6.72. The number of allylic oxidation sites excluding steroid dienone is 1. The lowest BCUT2D eigenvalue weighted by Crippen LogP contribution is -1.82. The van der Waals surface area contributed by atoms with Gasteiger partial charge >= 0.3 is 0 Å². The van der Waals surface area contributed by atoms with Gasteiger partial charge in [-0.25, -0.2) is 0 Å². The van der Waals surface area contributed by atoms with Crippen molar-refractivity contribution in [1.29, 1.82) is 0 Å². The van der Waals surface area contributed by atoms with Crippen molar-refractivity contribution < 1.29 is 0 Å². The second-order valence-corrected chi connectivity index (χ2v) is 4.00. The molecule has 0 N–H and O–H groups in total. The zero-order valence-electron chi connectivity index (χ0n) is 6.72. The van der Waals surface area contributed by atoms with Crippen molar-refractivity contribution in [2.24, 2.45) is 0 Å². The second-order valence-electron chi connectivity index (χ2n) is 2.53. The summed E-state index contributed by atoms with van der Waals surface area (Å²) in [6.07, 6.45) is 3.86. The van der Waals surface area contributed by atoms with E-state index in [4.69, 9.17) is 0 Å². The molecule has 0 saturated heterocycles. The van der Waals surface area contributed by atoms with Crippen LogP contribution < -0.4 is 0 Å². The molecule has 64 valence electrons. The largest absolute Gasteiger partial charge is 0.256 e. The number of alkyl halides is 1. The van der Waals surface area contributed by atoms with Crippen molar-refractivity contribution in [3.05, 3.63) is 34.1 Å². The van der Waals surface area contributed by atoms with Gasteiger partial charge < -0.3 is 0 Å². The van der Waals surface area contributed by atoms with Crippen LogP contribution >= 0.6 is 31.9 Å². The molecule has 0 aliphatic rings. The van der Waals surface area contributed by atoms with E-state index in [2.05, 4.69) is 49.8 Å². The van der Waals surface area contributed by atoms with Crippen LogP contribution in [0.5, 0.6) is 0 Å². The van der Waals surface area contributed by atoms with E-state index >= 15 is 0 Å². The molecule has 1 heterocycles. The average Bonchev–Trinajstić information content (AvgIpc) is 2.09. The zero-order chi connectivity index (χ0) is 8.97. The number of halogens is 2. The number of hydrogen-bond acceptors (Lipinski definition) is 1. The number of nitrogens with zero attached hydrogens (tertiary/aromatic N) is 1. The van der Waals surface area contributed by atoms with Crippen LogP contribution in [0.2, 0.25) is 0 Å². The van der Waals surface area contributed by atoms with Gasteiger partial charge in [-0.1, -0.05) is 21.5 Å². The van der Waals surface area contributed by atoms with Gasteiger partial charge in [0.2, 0.25) is 0 Å². The van der Waals surface area contributed by atoms with Crippen molar-refractivity contribution in [2.45, 2.75) is 6.92 Å². The molecule has 0 unspecified atom stereocenters. The van der Waals surface area contributed by atoms with Crippen LogP contribution in [0.15, 0.2) is 28.4 Å². The van der Waals surface area contributed by atoms with Crippen LogP contribution in [0.25, 0.3) is 6.08 Å². The Morgan fingerprint density at radius 3 is 2.83 bits per heavy atom. The molecular formula is C9H9Br2N. The van der Waals surface area contributed by atoms with E-state index in [-0.39, 0.29) is 0 Å². The van der Waals surface area contributed by atoms with Crippen LogP contribution in [0.4, 0.5) is 0 Å². The minimum Gasteiger partial charge on any atom is -0.256 e. The highest BCUT2D eigenvalue weighted by Gasteiger charge is 1.91. The third-order valence-electron chi connectivity index (χ3n) is 1.36. The van der Waals surface area contributed by atoms with Gasteiger partial charge in [0.05, 0.1) is 5.69 Å². The number of aromatic nitrogens is 1. The van der Waals surface area contributed by atoms with Gasteiger partial charge in [0, 0.05) is 16.0 Å². The molecule has 0 fully saturated rings. The lowest BCUT2D eigenvalue weighted by atomic mass is 10.2. The van der Waals surface area contributed by atoms with E-state index in [1.54, 1.807) is 6.20 Å². The van der Waals surface area contributed by atoms with Gasteiger partial charge in [-0.3, -0.25) is 4.98 Å². The molecule has 0 spiro atoms. The normalized spacial score (nSPS) is 11.8. The van der Waals surface area contributed by atoms with Crippen molar-refractivity contribution >= 4 is 37.9 Å². The topological polar surface area (TPSA) is 12.9 Å². The highest BCUT2D eigenvalue weighted by Crippen LogP contribution is 2.10. The highest BCUT2D eigenvalue weighted by molar-refractivity contribution is 9.10. The SMILES string of the molecule is C/C(=C/c1ccc(Br)cn1)CBr.